The van der Waals surface area contributed by atoms with Gasteiger partial charge < -0.3 is 20.1 Å². The molecule has 0 unspecified atom stereocenters. The minimum atomic E-state index is -0.349. The fourth-order valence-corrected chi connectivity index (χ4v) is 2.26. The van der Waals surface area contributed by atoms with Gasteiger partial charge in [0.1, 0.15) is 11.5 Å². The maximum Gasteiger partial charge on any atom is 0.317 e. The molecule has 7 heteroatoms. The van der Waals surface area contributed by atoms with E-state index in [0.29, 0.717) is 22.3 Å². The Morgan fingerprint density at radius 2 is 1.96 bits per heavy atom. The summed E-state index contributed by atoms with van der Waals surface area (Å²) < 4.78 is 10.5. The molecule has 0 saturated carbocycles. The van der Waals surface area contributed by atoms with Crippen molar-refractivity contribution in [3.05, 3.63) is 58.1 Å². The maximum atomic E-state index is 11.7. The molecule has 0 aromatic heterocycles. The van der Waals surface area contributed by atoms with E-state index in [0.717, 1.165) is 11.3 Å². The van der Waals surface area contributed by atoms with Crippen LogP contribution in [0.15, 0.2) is 42.5 Å². The van der Waals surface area contributed by atoms with E-state index in [2.05, 4.69) is 10.6 Å². The molecule has 122 valence electrons. The fraction of sp³-hybridized carbons (Fsp3) is 0.188. The maximum absolute atomic E-state index is 11.7. The molecular formula is C16H16Cl2N2O3. The molecule has 2 amide bonds. The zero-order valence-electron chi connectivity index (χ0n) is 12.4. The Morgan fingerprint density at radius 3 is 2.70 bits per heavy atom. The molecule has 2 aromatic rings. The van der Waals surface area contributed by atoms with Crippen molar-refractivity contribution in [2.24, 2.45) is 0 Å². The number of hydrogen-bond acceptors (Lipinski definition) is 3. The van der Waals surface area contributed by atoms with E-state index >= 15 is 0 Å². The lowest BCUT2D eigenvalue weighted by Gasteiger charge is -2.11. The summed E-state index contributed by atoms with van der Waals surface area (Å²) in [6.07, 6.45) is 0. The van der Waals surface area contributed by atoms with E-state index in [1.807, 2.05) is 24.3 Å². The third kappa shape index (κ3) is 5.54. The Kier molecular flexibility index (Phi) is 6.38. The number of rotatable bonds is 6. The standard InChI is InChI=1S/C16H16Cl2N2O3/c1-22-13-4-2-3-11(7-13)9-19-16(21)20-10-23-15-6-5-12(17)8-14(15)18/h2-8H,9-10H2,1H3,(H2,19,20,21). The minimum absolute atomic E-state index is 0.00863. The van der Waals surface area contributed by atoms with Crippen LogP contribution in [-0.4, -0.2) is 19.9 Å². The highest BCUT2D eigenvalue weighted by Crippen LogP contribution is 2.27. The average molecular weight is 355 g/mol. The Hall–Kier alpha value is -2.11. The predicted octanol–water partition coefficient (Wildman–Crippen LogP) is 3.84. The molecule has 0 aliphatic carbocycles. The predicted molar refractivity (Wildman–Crippen MR) is 90.3 cm³/mol. The highest BCUT2D eigenvalue weighted by Gasteiger charge is 2.04. The molecule has 2 aromatic carbocycles. The summed E-state index contributed by atoms with van der Waals surface area (Å²) in [4.78, 5) is 11.7. The highest BCUT2D eigenvalue weighted by atomic mass is 35.5. The molecule has 0 saturated heterocycles. The van der Waals surface area contributed by atoms with Crippen LogP contribution in [0.4, 0.5) is 4.79 Å². The molecule has 0 aliphatic rings. The summed E-state index contributed by atoms with van der Waals surface area (Å²) in [5.41, 5.74) is 0.932. The van der Waals surface area contributed by atoms with E-state index in [9.17, 15) is 4.79 Å². The first-order chi connectivity index (χ1) is 11.1. The second-order valence-corrected chi connectivity index (χ2v) is 5.42. The van der Waals surface area contributed by atoms with E-state index in [-0.39, 0.29) is 12.8 Å². The van der Waals surface area contributed by atoms with Gasteiger partial charge in [-0.2, -0.15) is 0 Å². The van der Waals surface area contributed by atoms with Crippen molar-refractivity contribution in [1.29, 1.82) is 0 Å². The van der Waals surface area contributed by atoms with Gasteiger partial charge in [0.05, 0.1) is 12.1 Å². The molecule has 0 bridgehead atoms. The lowest BCUT2D eigenvalue weighted by molar-refractivity contribution is 0.223. The van der Waals surface area contributed by atoms with Crippen LogP contribution in [0, 0.1) is 0 Å². The van der Waals surface area contributed by atoms with Crippen LogP contribution in [0.5, 0.6) is 11.5 Å². The Morgan fingerprint density at radius 1 is 1.13 bits per heavy atom. The number of nitrogens with one attached hydrogen (secondary N) is 2. The Labute approximate surface area is 144 Å². The number of benzene rings is 2. The largest absolute Gasteiger partial charge is 0.497 e. The number of methoxy groups -OCH3 is 1. The Bertz CT molecular complexity index is 680. The van der Waals surface area contributed by atoms with Gasteiger partial charge in [0, 0.05) is 11.6 Å². The zero-order chi connectivity index (χ0) is 16.7. The molecule has 0 spiro atoms. The average Bonchev–Trinajstić information content (AvgIpc) is 2.55. The van der Waals surface area contributed by atoms with Crippen LogP contribution in [0.25, 0.3) is 0 Å². The molecule has 2 N–H and O–H groups in total. The summed E-state index contributed by atoms with van der Waals surface area (Å²) in [5.74, 6) is 1.19. The van der Waals surface area contributed by atoms with Gasteiger partial charge in [-0.3, -0.25) is 0 Å². The van der Waals surface area contributed by atoms with Crippen molar-refractivity contribution >= 4 is 29.2 Å². The summed E-state index contributed by atoms with van der Waals surface area (Å²) in [6.45, 7) is 0.371. The molecule has 0 radical (unpaired) electrons. The van der Waals surface area contributed by atoms with Crippen molar-refractivity contribution in [2.75, 3.05) is 13.8 Å². The monoisotopic (exact) mass is 354 g/mol. The van der Waals surface area contributed by atoms with Crippen LogP contribution >= 0.6 is 23.2 Å². The summed E-state index contributed by atoms with van der Waals surface area (Å²) in [7, 11) is 1.60. The van der Waals surface area contributed by atoms with Crippen molar-refractivity contribution in [2.45, 2.75) is 6.54 Å². The second kappa shape index (κ2) is 8.50. The van der Waals surface area contributed by atoms with Crippen LogP contribution in [0.3, 0.4) is 0 Å². The van der Waals surface area contributed by atoms with Gasteiger partial charge in [-0.25, -0.2) is 4.79 Å². The number of halogens is 2. The van der Waals surface area contributed by atoms with Crippen molar-refractivity contribution in [3.8, 4) is 11.5 Å². The van der Waals surface area contributed by atoms with Gasteiger partial charge in [-0.05, 0) is 35.9 Å². The van der Waals surface area contributed by atoms with Crippen LogP contribution in [0.2, 0.25) is 10.0 Å². The molecule has 2 rings (SSSR count). The smallest absolute Gasteiger partial charge is 0.317 e. The fourth-order valence-electron chi connectivity index (χ4n) is 1.80. The SMILES string of the molecule is COc1cccc(CNC(=O)NCOc2ccc(Cl)cc2Cl)c1. The lowest BCUT2D eigenvalue weighted by Crippen LogP contribution is -2.37. The van der Waals surface area contributed by atoms with E-state index < -0.39 is 0 Å². The minimum Gasteiger partial charge on any atom is -0.497 e. The molecule has 0 aliphatic heterocycles. The lowest BCUT2D eigenvalue weighted by atomic mass is 10.2. The quantitative estimate of drug-likeness (QED) is 0.774. The van der Waals surface area contributed by atoms with Crippen LogP contribution in [0.1, 0.15) is 5.56 Å². The number of carbonyl (C=O) groups excluding carboxylic acids is 1. The zero-order valence-corrected chi connectivity index (χ0v) is 13.9. The molecule has 5 nitrogen and oxygen atoms in total. The van der Waals surface area contributed by atoms with Gasteiger partial charge in [0.2, 0.25) is 0 Å². The van der Waals surface area contributed by atoms with E-state index in [4.69, 9.17) is 32.7 Å². The first kappa shape index (κ1) is 17.2. The van der Waals surface area contributed by atoms with Crippen LogP contribution in [-0.2, 0) is 6.54 Å². The number of urea groups is 1. The Balaban J connectivity index is 1.74. The van der Waals surface area contributed by atoms with Crippen molar-refractivity contribution in [3.63, 3.8) is 0 Å². The van der Waals surface area contributed by atoms with Gasteiger partial charge in [0.15, 0.2) is 6.73 Å². The molecule has 0 heterocycles. The van der Waals surface area contributed by atoms with Gasteiger partial charge >= 0.3 is 6.03 Å². The number of carbonyl (C=O) groups is 1. The first-order valence-electron chi connectivity index (χ1n) is 6.81. The summed E-state index contributed by atoms with van der Waals surface area (Å²) >= 11 is 11.8. The van der Waals surface area contributed by atoms with Gasteiger partial charge in [-0.15, -0.1) is 0 Å². The van der Waals surface area contributed by atoms with Crippen LogP contribution < -0.4 is 20.1 Å². The summed E-state index contributed by atoms with van der Waals surface area (Å²) in [5, 5.41) is 6.20. The van der Waals surface area contributed by atoms with Crippen molar-refractivity contribution in [1.82, 2.24) is 10.6 Å². The third-order valence-electron chi connectivity index (χ3n) is 2.94. The summed E-state index contributed by atoms with van der Waals surface area (Å²) in [6, 6.07) is 12.0. The molecular weight excluding hydrogens is 339 g/mol. The number of amides is 2. The second-order valence-electron chi connectivity index (χ2n) is 4.57. The molecule has 23 heavy (non-hydrogen) atoms. The molecule has 0 atom stereocenters. The van der Waals surface area contributed by atoms with Gasteiger partial charge in [-0.1, -0.05) is 35.3 Å². The van der Waals surface area contributed by atoms with Gasteiger partial charge in [0.25, 0.3) is 0 Å². The topological polar surface area (TPSA) is 59.6 Å². The van der Waals surface area contributed by atoms with E-state index in [1.54, 1.807) is 25.3 Å². The highest BCUT2D eigenvalue weighted by molar-refractivity contribution is 6.35. The van der Waals surface area contributed by atoms with E-state index in [1.165, 1.54) is 0 Å². The number of ether oxygens (including phenoxy) is 2. The normalized spacial score (nSPS) is 10.0. The molecule has 0 fully saturated rings. The third-order valence-corrected chi connectivity index (χ3v) is 3.47. The number of hydrogen-bond donors (Lipinski definition) is 2. The van der Waals surface area contributed by atoms with Crippen molar-refractivity contribution < 1.29 is 14.3 Å². The first-order valence-corrected chi connectivity index (χ1v) is 7.56.